The molecule has 5 heteroatoms. The SMILES string of the molecule is CNC(Cc1ccc(F)cc1F)c1cc(OC)cs1. The maximum Gasteiger partial charge on any atom is 0.129 e. The summed E-state index contributed by atoms with van der Waals surface area (Å²) in [5, 5.41) is 5.04. The van der Waals surface area contributed by atoms with Gasteiger partial charge in [0.25, 0.3) is 0 Å². The zero-order valence-electron chi connectivity index (χ0n) is 10.7. The molecule has 1 unspecified atom stereocenters. The number of nitrogens with one attached hydrogen (secondary N) is 1. The van der Waals surface area contributed by atoms with Crippen LogP contribution in [0.2, 0.25) is 0 Å². The second-order valence-electron chi connectivity index (χ2n) is 4.17. The molecule has 0 bridgehead atoms. The molecule has 1 aromatic carbocycles. The van der Waals surface area contributed by atoms with Crippen LogP contribution in [0.4, 0.5) is 8.78 Å². The van der Waals surface area contributed by atoms with Crippen LogP contribution >= 0.6 is 11.3 Å². The van der Waals surface area contributed by atoms with Crippen LogP contribution in [0.3, 0.4) is 0 Å². The number of benzene rings is 1. The van der Waals surface area contributed by atoms with Gasteiger partial charge in [-0.15, -0.1) is 11.3 Å². The Morgan fingerprint density at radius 3 is 2.68 bits per heavy atom. The highest BCUT2D eigenvalue weighted by Gasteiger charge is 2.15. The molecule has 0 aliphatic carbocycles. The molecule has 1 heterocycles. The topological polar surface area (TPSA) is 21.3 Å². The van der Waals surface area contributed by atoms with Gasteiger partial charge in [0.05, 0.1) is 7.11 Å². The molecule has 0 aliphatic heterocycles. The van der Waals surface area contributed by atoms with E-state index >= 15 is 0 Å². The minimum atomic E-state index is -0.556. The Morgan fingerprint density at radius 2 is 2.11 bits per heavy atom. The van der Waals surface area contributed by atoms with Crippen molar-refractivity contribution in [2.24, 2.45) is 0 Å². The summed E-state index contributed by atoms with van der Waals surface area (Å²) in [7, 11) is 3.43. The lowest BCUT2D eigenvalue weighted by molar-refractivity contribution is 0.416. The van der Waals surface area contributed by atoms with Gasteiger partial charge in [-0.25, -0.2) is 8.78 Å². The number of hydrogen-bond acceptors (Lipinski definition) is 3. The molecule has 2 aromatic rings. The van der Waals surface area contributed by atoms with Gasteiger partial charge in [-0.2, -0.15) is 0 Å². The Morgan fingerprint density at radius 1 is 1.32 bits per heavy atom. The van der Waals surface area contributed by atoms with Gasteiger partial charge in [-0.1, -0.05) is 6.07 Å². The Hall–Kier alpha value is -1.46. The van der Waals surface area contributed by atoms with Crippen molar-refractivity contribution in [2.45, 2.75) is 12.5 Å². The van der Waals surface area contributed by atoms with Crippen molar-refractivity contribution in [1.82, 2.24) is 5.32 Å². The zero-order valence-corrected chi connectivity index (χ0v) is 11.6. The van der Waals surface area contributed by atoms with Crippen molar-refractivity contribution in [3.05, 3.63) is 51.7 Å². The highest BCUT2D eigenvalue weighted by Crippen LogP contribution is 2.29. The molecular weight excluding hydrogens is 268 g/mol. The molecule has 2 rings (SSSR count). The van der Waals surface area contributed by atoms with Gasteiger partial charge in [0, 0.05) is 22.4 Å². The summed E-state index contributed by atoms with van der Waals surface area (Å²) < 4.78 is 31.7. The zero-order chi connectivity index (χ0) is 13.8. The fourth-order valence-electron chi connectivity index (χ4n) is 1.88. The Bertz CT molecular complexity index is 556. The van der Waals surface area contributed by atoms with E-state index < -0.39 is 11.6 Å². The van der Waals surface area contributed by atoms with Gasteiger partial charge in [0.1, 0.15) is 17.4 Å². The predicted octanol–water partition coefficient (Wildman–Crippen LogP) is 3.54. The first-order valence-corrected chi connectivity index (χ1v) is 6.75. The molecule has 102 valence electrons. The number of rotatable bonds is 5. The first kappa shape index (κ1) is 14.0. The number of likely N-dealkylation sites (N-methyl/N-ethyl adjacent to an activating group) is 1. The first-order chi connectivity index (χ1) is 9.13. The molecule has 0 fully saturated rings. The Kier molecular flexibility index (Phi) is 4.50. The van der Waals surface area contributed by atoms with Crippen molar-refractivity contribution in [3.8, 4) is 5.75 Å². The minimum Gasteiger partial charge on any atom is -0.496 e. The average Bonchev–Trinajstić information content (AvgIpc) is 2.86. The Balaban J connectivity index is 2.18. The lowest BCUT2D eigenvalue weighted by atomic mass is 10.0. The van der Waals surface area contributed by atoms with Crippen molar-refractivity contribution in [3.63, 3.8) is 0 Å². The summed E-state index contributed by atoms with van der Waals surface area (Å²) in [6.07, 6.45) is 0.465. The minimum absolute atomic E-state index is 0.0196. The number of ether oxygens (including phenoxy) is 1. The largest absolute Gasteiger partial charge is 0.496 e. The lowest BCUT2D eigenvalue weighted by Crippen LogP contribution is -2.18. The predicted molar refractivity (Wildman–Crippen MR) is 72.7 cm³/mol. The molecule has 0 spiro atoms. The molecular formula is C14H15F2NOS. The van der Waals surface area contributed by atoms with Gasteiger partial charge in [-0.3, -0.25) is 0 Å². The van der Waals surface area contributed by atoms with Crippen molar-refractivity contribution in [2.75, 3.05) is 14.2 Å². The molecule has 1 aromatic heterocycles. The Labute approximate surface area is 115 Å². The molecule has 0 amide bonds. The summed E-state index contributed by atoms with van der Waals surface area (Å²) in [6, 6.07) is 5.58. The number of halogens is 2. The van der Waals surface area contributed by atoms with Crippen LogP contribution < -0.4 is 10.1 Å². The van der Waals surface area contributed by atoms with Gasteiger partial charge in [0.2, 0.25) is 0 Å². The molecule has 1 N–H and O–H groups in total. The van der Waals surface area contributed by atoms with E-state index in [0.717, 1.165) is 16.7 Å². The van der Waals surface area contributed by atoms with Crippen LogP contribution in [0, 0.1) is 11.6 Å². The summed E-state index contributed by atoms with van der Waals surface area (Å²) in [4.78, 5) is 1.06. The van der Waals surface area contributed by atoms with E-state index in [-0.39, 0.29) is 6.04 Å². The fraction of sp³-hybridized carbons (Fsp3) is 0.286. The normalized spacial score (nSPS) is 12.4. The van der Waals surface area contributed by atoms with Crippen LogP contribution in [0.1, 0.15) is 16.5 Å². The standard InChI is InChI=1S/C14H15F2NOS/c1-17-13(14-7-11(18-2)8-19-14)5-9-3-4-10(15)6-12(9)16/h3-4,6-8,13,17H,5H2,1-2H3. The van der Waals surface area contributed by atoms with E-state index in [1.807, 2.05) is 18.5 Å². The number of methoxy groups -OCH3 is 1. The third kappa shape index (κ3) is 3.30. The van der Waals surface area contributed by atoms with E-state index in [1.165, 1.54) is 12.1 Å². The molecule has 1 atom stereocenters. The number of thiophene rings is 1. The van der Waals surface area contributed by atoms with E-state index in [1.54, 1.807) is 18.4 Å². The van der Waals surface area contributed by atoms with E-state index in [4.69, 9.17) is 4.74 Å². The van der Waals surface area contributed by atoms with Crippen LogP contribution in [0.15, 0.2) is 29.6 Å². The van der Waals surface area contributed by atoms with Crippen molar-refractivity contribution >= 4 is 11.3 Å². The summed E-state index contributed by atoms with van der Waals surface area (Å²) in [5.41, 5.74) is 0.494. The van der Waals surface area contributed by atoms with Crippen molar-refractivity contribution in [1.29, 1.82) is 0 Å². The second-order valence-corrected chi connectivity index (χ2v) is 5.11. The fourth-order valence-corrected chi connectivity index (χ4v) is 2.84. The van der Waals surface area contributed by atoms with Gasteiger partial charge < -0.3 is 10.1 Å². The van der Waals surface area contributed by atoms with E-state index in [9.17, 15) is 8.78 Å². The van der Waals surface area contributed by atoms with Gasteiger partial charge in [-0.05, 0) is 31.2 Å². The summed E-state index contributed by atoms with van der Waals surface area (Å²) >= 11 is 1.55. The van der Waals surface area contributed by atoms with E-state index in [0.29, 0.717) is 12.0 Å². The molecule has 0 aliphatic rings. The van der Waals surface area contributed by atoms with Gasteiger partial charge in [0.15, 0.2) is 0 Å². The maximum atomic E-state index is 13.6. The van der Waals surface area contributed by atoms with Gasteiger partial charge >= 0.3 is 0 Å². The van der Waals surface area contributed by atoms with Crippen LogP contribution in [0.5, 0.6) is 5.75 Å². The molecule has 0 saturated heterocycles. The lowest BCUT2D eigenvalue weighted by Gasteiger charge is -2.15. The molecule has 2 nitrogen and oxygen atoms in total. The van der Waals surface area contributed by atoms with Crippen LogP contribution in [-0.2, 0) is 6.42 Å². The highest BCUT2D eigenvalue weighted by atomic mass is 32.1. The third-order valence-corrected chi connectivity index (χ3v) is 3.99. The first-order valence-electron chi connectivity index (χ1n) is 5.87. The smallest absolute Gasteiger partial charge is 0.129 e. The van der Waals surface area contributed by atoms with Crippen molar-refractivity contribution < 1.29 is 13.5 Å². The summed E-state index contributed by atoms with van der Waals surface area (Å²) in [6.45, 7) is 0. The average molecular weight is 283 g/mol. The highest BCUT2D eigenvalue weighted by molar-refractivity contribution is 7.10. The molecule has 0 saturated carbocycles. The maximum absolute atomic E-state index is 13.6. The van der Waals surface area contributed by atoms with E-state index in [2.05, 4.69) is 5.32 Å². The summed E-state index contributed by atoms with van der Waals surface area (Å²) in [5.74, 6) is -0.274. The quantitative estimate of drug-likeness (QED) is 0.906. The van der Waals surface area contributed by atoms with Crippen LogP contribution in [0.25, 0.3) is 0 Å². The number of hydrogen-bond donors (Lipinski definition) is 1. The molecule has 19 heavy (non-hydrogen) atoms. The monoisotopic (exact) mass is 283 g/mol. The third-order valence-electron chi connectivity index (χ3n) is 2.96. The molecule has 0 radical (unpaired) electrons. The van der Waals surface area contributed by atoms with Crippen LogP contribution in [-0.4, -0.2) is 14.2 Å². The second kappa shape index (κ2) is 6.12.